The third kappa shape index (κ3) is 3.76. The smallest absolute Gasteiger partial charge is 0.166 e. The van der Waals surface area contributed by atoms with Crippen molar-refractivity contribution in [2.24, 2.45) is 5.16 Å². The van der Waals surface area contributed by atoms with Crippen LogP contribution in [0.5, 0.6) is 0 Å². The van der Waals surface area contributed by atoms with E-state index in [9.17, 15) is 15.1 Å². The number of allylic oxidation sites excluding steroid dienone is 2. The fraction of sp³-hybridized carbons (Fsp3) is 0.429. The minimum Gasteiger partial charge on any atom is -0.512 e. The number of benzene rings is 2. The van der Waals surface area contributed by atoms with Crippen molar-refractivity contribution in [3.05, 3.63) is 75.5 Å². The summed E-state index contributed by atoms with van der Waals surface area (Å²) in [5.74, 6) is 0.147. The van der Waals surface area contributed by atoms with E-state index in [2.05, 4.69) is 51.9 Å². The van der Waals surface area contributed by atoms with E-state index in [0.29, 0.717) is 36.1 Å². The second-order valence-electron chi connectivity index (χ2n) is 10.6. The molecule has 0 aromatic heterocycles. The van der Waals surface area contributed by atoms with Crippen LogP contribution in [0.1, 0.15) is 93.2 Å². The molecule has 2 aliphatic carbocycles. The zero-order valence-corrected chi connectivity index (χ0v) is 19.7. The number of carbonyl (C=O) groups excluding carboxylic acids is 1. The minimum absolute atomic E-state index is 0.0204. The van der Waals surface area contributed by atoms with Crippen molar-refractivity contribution in [3.63, 3.8) is 0 Å². The van der Waals surface area contributed by atoms with Gasteiger partial charge in [-0.25, -0.2) is 0 Å². The zero-order chi connectivity index (χ0) is 23.3. The molecule has 4 nitrogen and oxygen atoms in total. The maximum Gasteiger partial charge on any atom is 0.166 e. The third-order valence-electron chi connectivity index (χ3n) is 7.38. The summed E-state index contributed by atoms with van der Waals surface area (Å²) in [4.78, 5) is 12.3. The summed E-state index contributed by atoms with van der Waals surface area (Å²) >= 11 is 0. The zero-order valence-electron chi connectivity index (χ0n) is 19.7. The summed E-state index contributed by atoms with van der Waals surface area (Å²) in [5, 5.41) is 23.9. The molecule has 0 saturated carbocycles. The van der Waals surface area contributed by atoms with Gasteiger partial charge in [-0.1, -0.05) is 63.2 Å². The average molecular weight is 432 g/mol. The number of aliphatic hydroxyl groups excluding tert-OH is 1. The Labute approximate surface area is 190 Å². The van der Waals surface area contributed by atoms with E-state index >= 15 is 0 Å². The summed E-state index contributed by atoms with van der Waals surface area (Å²) in [6.07, 6.45) is 3.95. The number of hydrogen-bond acceptors (Lipinski definition) is 4. The van der Waals surface area contributed by atoms with Crippen molar-refractivity contribution in [3.8, 4) is 0 Å². The lowest BCUT2D eigenvalue weighted by Gasteiger charge is -2.42. The second-order valence-corrected chi connectivity index (χ2v) is 10.6. The van der Waals surface area contributed by atoms with Gasteiger partial charge in [0.2, 0.25) is 0 Å². The van der Waals surface area contributed by atoms with Crippen LogP contribution in [0.15, 0.2) is 47.3 Å². The highest BCUT2D eigenvalue weighted by Crippen LogP contribution is 2.46. The summed E-state index contributed by atoms with van der Waals surface area (Å²) in [6.45, 7) is 11.2. The molecular weight excluding hydrogens is 398 g/mol. The quantitative estimate of drug-likeness (QED) is 0.327. The van der Waals surface area contributed by atoms with Crippen LogP contribution in [0.3, 0.4) is 0 Å². The number of aliphatic hydroxyl groups is 1. The minimum atomic E-state index is -0.0204. The highest BCUT2D eigenvalue weighted by molar-refractivity contribution is 6.22. The van der Waals surface area contributed by atoms with Gasteiger partial charge in [0, 0.05) is 24.0 Å². The molecule has 0 aliphatic heterocycles. The van der Waals surface area contributed by atoms with Crippen molar-refractivity contribution >= 4 is 17.1 Å². The predicted molar refractivity (Wildman–Crippen MR) is 129 cm³/mol. The molecule has 0 bridgehead atoms. The predicted octanol–water partition coefficient (Wildman–Crippen LogP) is 6.59. The van der Waals surface area contributed by atoms with Gasteiger partial charge in [0.1, 0.15) is 11.5 Å². The van der Waals surface area contributed by atoms with Crippen molar-refractivity contribution < 1.29 is 15.1 Å². The summed E-state index contributed by atoms with van der Waals surface area (Å²) in [5.41, 5.74) is 7.28. The van der Waals surface area contributed by atoms with Gasteiger partial charge in [0.05, 0.1) is 5.57 Å². The molecule has 168 valence electrons. The monoisotopic (exact) mass is 431 g/mol. The normalized spacial score (nSPS) is 20.3. The van der Waals surface area contributed by atoms with Gasteiger partial charge in [-0.3, -0.25) is 4.79 Å². The Morgan fingerprint density at radius 3 is 2.09 bits per heavy atom. The first kappa shape index (κ1) is 22.3. The Hall–Kier alpha value is -2.88. The van der Waals surface area contributed by atoms with Gasteiger partial charge < -0.3 is 10.3 Å². The highest BCUT2D eigenvalue weighted by atomic mass is 16.4. The van der Waals surface area contributed by atoms with Crippen LogP contribution in [0.4, 0.5) is 0 Å². The van der Waals surface area contributed by atoms with Crippen LogP contribution in [-0.2, 0) is 15.6 Å². The maximum atomic E-state index is 12.3. The van der Waals surface area contributed by atoms with E-state index < -0.39 is 0 Å². The SMILES string of the molecule is Cc1cc2c(cc1/C(=N/O)c1ccc(C3=C(O)CCCC3=O)cc1)C(C)(C)CCC2(C)C. The number of ketones is 1. The fourth-order valence-corrected chi connectivity index (χ4v) is 5.19. The van der Waals surface area contributed by atoms with E-state index in [4.69, 9.17) is 0 Å². The first-order valence-corrected chi connectivity index (χ1v) is 11.5. The molecule has 32 heavy (non-hydrogen) atoms. The van der Waals surface area contributed by atoms with Gasteiger partial charge in [0.15, 0.2) is 5.78 Å². The number of nitrogens with zero attached hydrogens (tertiary/aromatic N) is 1. The van der Waals surface area contributed by atoms with E-state index in [-0.39, 0.29) is 22.4 Å². The van der Waals surface area contributed by atoms with E-state index in [1.807, 2.05) is 24.3 Å². The second kappa shape index (κ2) is 7.91. The van der Waals surface area contributed by atoms with Gasteiger partial charge in [-0.2, -0.15) is 0 Å². The van der Waals surface area contributed by atoms with Gasteiger partial charge in [-0.05, 0) is 65.3 Å². The molecule has 2 aromatic rings. The number of rotatable bonds is 3. The molecule has 0 radical (unpaired) electrons. The van der Waals surface area contributed by atoms with Crippen molar-refractivity contribution in [2.45, 2.75) is 77.6 Å². The summed E-state index contributed by atoms with van der Waals surface area (Å²) in [7, 11) is 0. The van der Waals surface area contributed by atoms with Crippen LogP contribution in [0, 0.1) is 6.92 Å². The molecule has 2 aromatic carbocycles. The van der Waals surface area contributed by atoms with E-state index in [1.165, 1.54) is 11.1 Å². The molecule has 0 heterocycles. The lowest BCUT2D eigenvalue weighted by atomic mass is 9.62. The van der Waals surface area contributed by atoms with Crippen LogP contribution >= 0.6 is 0 Å². The topological polar surface area (TPSA) is 69.9 Å². The van der Waals surface area contributed by atoms with E-state index in [0.717, 1.165) is 29.5 Å². The Bertz CT molecular complexity index is 1130. The molecular formula is C28H33NO3. The van der Waals surface area contributed by atoms with Crippen LogP contribution in [0.2, 0.25) is 0 Å². The molecule has 4 heteroatoms. The van der Waals surface area contributed by atoms with Gasteiger partial charge in [-0.15, -0.1) is 0 Å². The lowest BCUT2D eigenvalue weighted by Crippen LogP contribution is -2.34. The number of carbonyl (C=O) groups is 1. The summed E-state index contributed by atoms with van der Waals surface area (Å²) < 4.78 is 0. The molecule has 0 atom stereocenters. The number of oxime groups is 1. The molecule has 0 saturated heterocycles. The molecule has 0 unspecified atom stereocenters. The molecule has 4 rings (SSSR count). The van der Waals surface area contributed by atoms with Gasteiger partial charge >= 0.3 is 0 Å². The fourth-order valence-electron chi connectivity index (χ4n) is 5.19. The Morgan fingerprint density at radius 1 is 0.938 bits per heavy atom. The Morgan fingerprint density at radius 2 is 1.53 bits per heavy atom. The number of hydrogen-bond donors (Lipinski definition) is 2. The van der Waals surface area contributed by atoms with E-state index in [1.54, 1.807) is 0 Å². The average Bonchev–Trinajstić information content (AvgIpc) is 2.74. The largest absolute Gasteiger partial charge is 0.512 e. The van der Waals surface area contributed by atoms with Crippen molar-refractivity contribution in [1.82, 2.24) is 0 Å². The molecule has 2 aliphatic rings. The number of Topliss-reactive ketones (excluding diaryl/α,β-unsaturated/α-hetero) is 1. The standard InChI is InChI=1S/C28H33NO3/c1-17-15-21-22(28(4,5)14-13-27(21,2)3)16-20(17)26(29-32)19-11-9-18(10-12-19)25-23(30)7-6-8-24(25)31/h9-12,15-16,30,32H,6-8,13-14H2,1-5H3/b29-26+. The summed E-state index contributed by atoms with van der Waals surface area (Å²) in [6, 6.07) is 11.8. The van der Waals surface area contributed by atoms with Crippen LogP contribution in [-0.4, -0.2) is 21.8 Å². The van der Waals surface area contributed by atoms with Crippen molar-refractivity contribution in [1.29, 1.82) is 0 Å². The van der Waals surface area contributed by atoms with Crippen LogP contribution in [0.25, 0.3) is 5.57 Å². The first-order chi connectivity index (χ1) is 15.0. The first-order valence-electron chi connectivity index (χ1n) is 11.5. The molecule has 0 fully saturated rings. The molecule has 0 amide bonds. The molecule has 0 spiro atoms. The third-order valence-corrected chi connectivity index (χ3v) is 7.38. The Balaban J connectivity index is 1.77. The van der Waals surface area contributed by atoms with Crippen LogP contribution < -0.4 is 0 Å². The maximum absolute atomic E-state index is 12.3. The molecule has 2 N–H and O–H groups in total. The van der Waals surface area contributed by atoms with Gasteiger partial charge in [0.25, 0.3) is 0 Å². The lowest BCUT2D eigenvalue weighted by molar-refractivity contribution is -0.114. The Kier molecular flexibility index (Phi) is 5.52. The number of fused-ring (bicyclic) bond motifs is 1. The van der Waals surface area contributed by atoms with Crippen molar-refractivity contribution in [2.75, 3.05) is 0 Å². The number of aryl methyl sites for hydroxylation is 1. The highest BCUT2D eigenvalue weighted by Gasteiger charge is 2.37.